The standard InChI is InChI=1S/C21H30ClN3O4S/c1-21(2,3)20(27)24-10-6-7-16(15-24)19(26)23-11-13-25(14-12-23)30(28,29)18-9-5-4-8-17(18)22/h4-5,8-9,16H,6-7,10-15H2,1-3H3. The van der Waals surface area contributed by atoms with Crippen LogP contribution >= 0.6 is 11.6 Å². The number of hydrogen-bond donors (Lipinski definition) is 0. The summed E-state index contributed by atoms with van der Waals surface area (Å²) < 4.78 is 27.2. The van der Waals surface area contributed by atoms with E-state index in [0.717, 1.165) is 12.8 Å². The second-order valence-corrected chi connectivity index (χ2v) is 11.3. The van der Waals surface area contributed by atoms with Gasteiger partial charge in [-0.2, -0.15) is 4.31 Å². The molecule has 0 aliphatic carbocycles. The van der Waals surface area contributed by atoms with Gasteiger partial charge in [0.15, 0.2) is 0 Å². The van der Waals surface area contributed by atoms with E-state index >= 15 is 0 Å². The summed E-state index contributed by atoms with van der Waals surface area (Å²) in [7, 11) is -3.69. The van der Waals surface area contributed by atoms with Crippen molar-refractivity contribution in [2.24, 2.45) is 11.3 Å². The van der Waals surface area contributed by atoms with E-state index in [9.17, 15) is 18.0 Å². The monoisotopic (exact) mass is 455 g/mol. The van der Waals surface area contributed by atoms with E-state index in [4.69, 9.17) is 11.6 Å². The van der Waals surface area contributed by atoms with Crippen LogP contribution in [-0.2, 0) is 19.6 Å². The fourth-order valence-corrected chi connectivity index (χ4v) is 5.95. The van der Waals surface area contributed by atoms with Crippen LogP contribution in [0.1, 0.15) is 33.6 Å². The van der Waals surface area contributed by atoms with Crippen molar-refractivity contribution in [2.45, 2.75) is 38.5 Å². The van der Waals surface area contributed by atoms with Crippen molar-refractivity contribution >= 4 is 33.4 Å². The first kappa shape index (κ1) is 23.0. The number of rotatable bonds is 3. The molecule has 30 heavy (non-hydrogen) atoms. The number of likely N-dealkylation sites (tertiary alicyclic amines) is 1. The van der Waals surface area contributed by atoms with Crippen LogP contribution in [0.15, 0.2) is 29.2 Å². The van der Waals surface area contributed by atoms with Gasteiger partial charge in [-0.05, 0) is 25.0 Å². The summed E-state index contributed by atoms with van der Waals surface area (Å²) in [5.41, 5.74) is -0.469. The number of carbonyl (C=O) groups excluding carboxylic acids is 2. The zero-order chi connectivity index (χ0) is 22.1. The molecule has 0 spiro atoms. The predicted molar refractivity (Wildman–Crippen MR) is 116 cm³/mol. The highest BCUT2D eigenvalue weighted by molar-refractivity contribution is 7.89. The van der Waals surface area contributed by atoms with Crippen LogP contribution in [0.5, 0.6) is 0 Å². The molecule has 0 radical (unpaired) electrons. The normalized spacial score (nSPS) is 21.5. The summed E-state index contributed by atoms with van der Waals surface area (Å²) in [4.78, 5) is 29.3. The van der Waals surface area contributed by atoms with E-state index in [0.29, 0.717) is 26.2 Å². The Hall–Kier alpha value is -1.64. The van der Waals surface area contributed by atoms with Crippen molar-refractivity contribution in [3.63, 3.8) is 0 Å². The lowest BCUT2D eigenvalue weighted by Crippen LogP contribution is -2.54. The Balaban J connectivity index is 1.62. The highest BCUT2D eigenvalue weighted by Crippen LogP contribution is 2.27. The average Bonchev–Trinajstić information content (AvgIpc) is 2.72. The third-order valence-electron chi connectivity index (χ3n) is 5.70. The van der Waals surface area contributed by atoms with Crippen LogP contribution in [0.4, 0.5) is 0 Å². The topological polar surface area (TPSA) is 78.0 Å². The Morgan fingerprint density at radius 3 is 2.23 bits per heavy atom. The molecule has 1 aromatic carbocycles. The third-order valence-corrected chi connectivity index (χ3v) is 8.10. The second kappa shape index (κ2) is 8.85. The smallest absolute Gasteiger partial charge is 0.244 e. The summed E-state index contributed by atoms with van der Waals surface area (Å²) in [6.45, 7) is 7.93. The van der Waals surface area contributed by atoms with E-state index in [-0.39, 0.29) is 40.7 Å². The molecule has 2 aliphatic rings. The van der Waals surface area contributed by atoms with Crippen LogP contribution in [0.3, 0.4) is 0 Å². The minimum Gasteiger partial charge on any atom is -0.341 e. The van der Waals surface area contributed by atoms with Crippen LogP contribution in [0, 0.1) is 11.3 Å². The number of hydrogen-bond acceptors (Lipinski definition) is 4. The zero-order valence-electron chi connectivity index (χ0n) is 17.8. The van der Waals surface area contributed by atoms with Gasteiger partial charge in [-0.25, -0.2) is 8.42 Å². The third kappa shape index (κ3) is 4.81. The molecule has 2 amide bonds. The molecule has 7 nitrogen and oxygen atoms in total. The van der Waals surface area contributed by atoms with E-state index in [1.807, 2.05) is 20.8 Å². The van der Waals surface area contributed by atoms with E-state index in [1.54, 1.807) is 28.0 Å². The highest BCUT2D eigenvalue weighted by atomic mass is 35.5. The van der Waals surface area contributed by atoms with Gasteiger partial charge in [0.05, 0.1) is 10.9 Å². The van der Waals surface area contributed by atoms with Gasteiger partial charge in [0.1, 0.15) is 4.90 Å². The molecule has 2 aliphatic heterocycles. The van der Waals surface area contributed by atoms with Crippen molar-refractivity contribution < 1.29 is 18.0 Å². The maximum absolute atomic E-state index is 13.1. The van der Waals surface area contributed by atoms with Crippen LogP contribution in [0.25, 0.3) is 0 Å². The van der Waals surface area contributed by atoms with Crippen molar-refractivity contribution in [1.82, 2.24) is 14.1 Å². The highest BCUT2D eigenvalue weighted by Gasteiger charge is 2.37. The molecule has 1 atom stereocenters. The van der Waals surface area contributed by atoms with Gasteiger partial charge >= 0.3 is 0 Å². The Labute approximate surface area is 184 Å². The quantitative estimate of drug-likeness (QED) is 0.701. The number of benzene rings is 1. The Kier molecular flexibility index (Phi) is 6.79. The molecule has 3 rings (SSSR count). The summed E-state index contributed by atoms with van der Waals surface area (Å²) in [5, 5.41) is 0.196. The predicted octanol–water partition coefficient (Wildman–Crippen LogP) is 2.46. The largest absolute Gasteiger partial charge is 0.341 e. The fraction of sp³-hybridized carbons (Fsp3) is 0.619. The molecule has 2 fully saturated rings. The second-order valence-electron chi connectivity index (χ2n) is 9.00. The fourth-order valence-electron chi connectivity index (χ4n) is 4.04. The lowest BCUT2D eigenvalue weighted by molar-refractivity contribution is -0.145. The number of piperazine rings is 1. The van der Waals surface area contributed by atoms with Crippen molar-refractivity contribution in [3.05, 3.63) is 29.3 Å². The molecule has 2 saturated heterocycles. The molecule has 9 heteroatoms. The lowest BCUT2D eigenvalue weighted by atomic mass is 9.90. The number of amides is 2. The Bertz CT molecular complexity index is 905. The zero-order valence-corrected chi connectivity index (χ0v) is 19.4. The molecule has 1 unspecified atom stereocenters. The molecule has 0 saturated carbocycles. The van der Waals surface area contributed by atoms with Gasteiger partial charge in [-0.1, -0.05) is 44.5 Å². The van der Waals surface area contributed by atoms with Crippen LogP contribution < -0.4 is 0 Å². The molecule has 2 heterocycles. The summed E-state index contributed by atoms with van der Waals surface area (Å²) in [6.07, 6.45) is 1.56. The molecule has 1 aromatic rings. The lowest BCUT2D eigenvalue weighted by Gasteiger charge is -2.40. The Morgan fingerprint density at radius 2 is 1.63 bits per heavy atom. The summed E-state index contributed by atoms with van der Waals surface area (Å²) >= 11 is 6.08. The molecular formula is C21H30ClN3O4S. The molecule has 0 bridgehead atoms. The van der Waals surface area contributed by atoms with Gasteiger partial charge in [-0.15, -0.1) is 0 Å². The van der Waals surface area contributed by atoms with Gasteiger partial charge in [0.2, 0.25) is 21.8 Å². The molecule has 0 N–H and O–H groups in total. The number of halogens is 1. The number of carbonyl (C=O) groups is 2. The van der Waals surface area contributed by atoms with Gasteiger partial charge < -0.3 is 9.80 Å². The average molecular weight is 456 g/mol. The number of piperidine rings is 1. The molecule has 166 valence electrons. The van der Waals surface area contributed by atoms with Crippen molar-refractivity contribution in [1.29, 1.82) is 0 Å². The first-order valence-corrected chi connectivity index (χ1v) is 12.2. The van der Waals surface area contributed by atoms with E-state index < -0.39 is 15.4 Å². The van der Waals surface area contributed by atoms with Crippen molar-refractivity contribution in [2.75, 3.05) is 39.3 Å². The first-order valence-electron chi connectivity index (χ1n) is 10.3. The van der Waals surface area contributed by atoms with Gasteiger partial charge in [0, 0.05) is 44.7 Å². The van der Waals surface area contributed by atoms with Gasteiger partial charge in [0.25, 0.3) is 0 Å². The molecular weight excluding hydrogens is 426 g/mol. The molecule has 0 aromatic heterocycles. The minimum absolute atomic E-state index is 0.0104. The maximum atomic E-state index is 13.1. The van der Waals surface area contributed by atoms with Crippen molar-refractivity contribution in [3.8, 4) is 0 Å². The minimum atomic E-state index is -3.69. The van der Waals surface area contributed by atoms with Gasteiger partial charge in [-0.3, -0.25) is 9.59 Å². The van der Waals surface area contributed by atoms with Crippen LogP contribution in [0.2, 0.25) is 5.02 Å². The maximum Gasteiger partial charge on any atom is 0.244 e. The summed E-state index contributed by atoms with van der Waals surface area (Å²) in [5.74, 6) is -0.149. The van der Waals surface area contributed by atoms with Crippen LogP contribution in [-0.4, -0.2) is 73.6 Å². The summed E-state index contributed by atoms with van der Waals surface area (Å²) in [6, 6.07) is 6.39. The van der Waals surface area contributed by atoms with E-state index in [2.05, 4.69) is 0 Å². The SMILES string of the molecule is CC(C)(C)C(=O)N1CCCC(C(=O)N2CCN(S(=O)(=O)c3ccccc3Cl)CC2)C1. The number of sulfonamides is 1. The first-order chi connectivity index (χ1) is 14.0. The number of nitrogens with zero attached hydrogens (tertiary/aromatic N) is 3. The van der Waals surface area contributed by atoms with E-state index in [1.165, 1.54) is 10.4 Å². The Morgan fingerprint density at radius 1 is 1.00 bits per heavy atom.